The predicted octanol–water partition coefficient (Wildman–Crippen LogP) is 5.47. The minimum Gasteiger partial charge on any atom is -0.380 e. The lowest BCUT2D eigenvalue weighted by Gasteiger charge is -2.54. The summed E-state index contributed by atoms with van der Waals surface area (Å²) in [6.07, 6.45) is 7.22. The second-order valence-electron chi connectivity index (χ2n) is 9.01. The first-order valence-electron chi connectivity index (χ1n) is 10.0. The molecule has 2 saturated carbocycles. The maximum Gasteiger partial charge on any atom is 0.0545 e. The lowest BCUT2D eigenvalue weighted by molar-refractivity contribution is -0.185. The fourth-order valence-electron chi connectivity index (χ4n) is 4.33. The Bertz CT molecular complexity index is 319. The van der Waals surface area contributed by atoms with E-state index in [1.165, 1.54) is 38.6 Å². The van der Waals surface area contributed by atoms with Crippen molar-refractivity contribution < 1.29 is 4.74 Å². The zero-order valence-corrected chi connectivity index (χ0v) is 17.2. The second kappa shape index (κ2) is 8.85. The van der Waals surface area contributed by atoms with Crippen LogP contribution < -0.4 is 0 Å². The smallest absolute Gasteiger partial charge is 0.0545 e. The number of ether oxygens (including phenoxy) is 1. The van der Waals surface area contributed by atoms with Crippen molar-refractivity contribution in [2.24, 2.45) is 28.6 Å². The van der Waals surface area contributed by atoms with Crippen LogP contribution in [0.15, 0.2) is 0 Å². The molecule has 0 radical (unpaired) electrons. The normalized spacial score (nSPS) is 24.1. The van der Waals surface area contributed by atoms with Gasteiger partial charge in [-0.1, -0.05) is 48.0 Å². The van der Waals surface area contributed by atoms with Crippen molar-refractivity contribution in [2.75, 3.05) is 33.9 Å². The maximum absolute atomic E-state index is 5.21. The SMILES string of the molecule is CC.CC(C)C1(CN(C)C)CCC1.CC(C)C1CC2(COC2)C1. The van der Waals surface area contributed by atoms with Crippen molar-refractivity contribution in [3.8, 4) is 0 Å². The molecule has 3 rings (SSSR count). The van der Waals surface area contributed by atoms with Gasteiger partial charge in [0.2, 0.25) is 0 Å². The molecule has 0 unspecified atom stereocenters. The molecule has 0 aromatic rings. The van der Waals surface area contributed by atoms with Crippen LogP contribution >= 0.6 is 0 Å². The lowest BCUT2D eigenvalue weighted by Crippen LogP contribution is -2.53. The summed E-state index contributed by atoms with van der Waals surface area (Å²) in [6.45, 7) is 16.8. The van der Waals surface area contributed by atoms with Crippen molar-refractivity contribution in [1.82, 2.24) is 4.90 Å². The monoisotopic (exact) mass is 325 g/mol. The molecule has 0 atom stereocenters. The van der Waals surface area contributed by atoms with Crippen LogP contribution in [0.25, 0.3) is 0 Å². The Balaban J connectivity index is 0.000000208. The summed E-state index contributed by atoms with van der Waals surface area (Å²) in [5.41, 5.74) is 1.35. The van der Waals surface area contributed by atoms with E-state index in [-0.39, 0.29) is 0 Å². The molecule has 0 amide bonds. The molecule has 0 N–H and O–H groups in total. The van der Waals surface area contributed by atoms with Gasteiger partial charge in [-0.15, -0.1) is 0 Å². The molecule has 1 spiro atoms. The van der Waals surface area contributed by atoms with Crippen molar-refractivity contribution in [3.05, 3.63) is 0 Å². The van der Waals surface area contributed by atoms with E-state index in [9.17, 15) is 0 Å². The van der Waals surface area contributed by atoms with Gasteiger partial charge in [-0.05, 0) is 62.9 Å². The fourth-order valence-corrected chi connectivity index (χ4v) is 4.33. The second-order valence-corrected chi connectivity index (χ2v) is 9.01. The lowest BCUT2D eigenvalue weighted by atomic mass is 9.58. The van der Waals surface area contributed by atoms with Crippen LogP contribution in [-0.2, 0) is 4.74 Å². The predicted molar refractivity (Wildman–Crippen MR) is 102 cm³/mol. The number of hydrogen-bond acceptors (Lipinski definition) is 2. The van der Waals surface area contributed by atoms with E-state index in [0.29, 0.717) is 10.8 Å². The molecule has 0 aromatic carbocycles. The van der Waals surface area contributed by atoms with E-state index in [4.69, 9.17) is 4.74 Å². The standard InChI is InChI=1S/C10H21N.C9H16O.C2H6/c1-9(2)10(6-5-7-10)8-11(3)4;1-7(2)8-3-9(4-8)5-10-6-9;1-2/h9H,5-8H2,1-4H3;7-8H,3-6H2,1-2H3;1-2H3. The Hall–Kier alpha value is -0.0800. The number of rotatable bonds is 4. The molecule has 2 heteroatoms. The Morgan fingerprint density at radius 1 is 1.00 bits per heavy atom. The van der Waals surface area contributed by atoms with Crippen LogP contribution in [0.1, 0.15) is 73.6 Å². The van der Waals surface area contributed by atoms with E-state index < -0.39 is 0 Å². The summed E-state index contributed by atoms with van der Waals surface area (Å²) in [6, 6.07) is 0. The zero-order chi connectivity index (χ0) is 17.7. The van der Waals surface area contributed by atoms with Gasteiger partial charge in [-0.25, -0.2) is 0 Å². The average molecular weight is 326 g/mol. The topological polar surface area (TPSA) is 12.5 Å². The molecule has 2 nitrogen and oxygen atoms in total. The zero-order valence-electron chi connectivity index (χ0n) is 17.2. The first-order chi connectivity index (χ1) is 10.8. The molecule has 23 heavy (non-hydrogen) atoms. The van der Waals surface area contributed by atoms with Crippen LogP contribution in [0.3, 0.4) is 0 Å². The number of nitrogens with zero attached hydrogens (tertiary/aromatic N) is 1. The van der Waals surface area contributed by atoms with Crippen molar-refractivity contribution in [3.63, 3.8) is 0 Å². The largest absolute Gasteiger partial charge is 0.380 e. The van der Waals surface area contributed by atoms with Crippen LogP contribution in [0.4, 0.5) is 0 Å². The van der Waals surface area contributed by atoms with Gasteiger partial charge in [-0.3, -0.25) is 0 Å². The third-order valence-corrected chi connectivity index (χ3v) is 6.35. The Labute approximate surface area is 146 Å². The molecule has 138 valence electrons. The van der Waals surface area contributed by atoms with Crippen molar-refractivity contribution in [2.45, 2.75) is 73.6 Å². The average Bonchev–Trinajstić information content (AvgIpc) is 2.32. The molecule has 3 aliphatic rings. The van der Waals surface area contributed by atoms with Gasteiger partial charge in [0.25, 0.3) is 0 Å². The minimum atomic E-state index is 0.670. The summed E-state index contributed by atoms with van der Waals surface area (Å²) in [5.74, 6) is 2.76. The Morgan fingerprint density at radius 3 is 1.70 bits per heavy atom. The quantitative estimate of drug-likeness (QED) is 0.679. The highest BCUT2D eigenvalue weighted by Crippen LogP contribution is 2.53. The van der Waals surface area contributed by atoms with Crippen molar-refractivity contribution in [1.29, 1.82) is 0 Å². The van der Waals surface area contributed by atoms with Gasteiger partial charge in [-0.2, -0.15) is 0 Å². The van der Waals surface area contributed by atoms with Crippen molar-refractivity contribution >= 4 is 0 Å². The molecule has 1 saturated heterocycles. The van der Waals surface area contributed by atoms with E-state index in [1.54, 1.807) is 0 Å². The molecule has 0 aromatic heterocycles. The molecular formula is C21H43NO. The highest BCUT2D eigenvalue weighted by molar-refractivity contribution is 4.98. The minimum absolute atomic E-state index is 0.670. The Morgan fingerprint density at radius 2 is 1.52 bits per heavy atom. The van der Waals surface area contributed by atoms with E-state index in [1.807, 2.05) is 13.8 Å². The van der Waals surface area contributed by atoms with Gasteiger partial charge >= 0.3 is 0 Å². The summed E-state index contributed by atoms with van der Waals surface area (Å²) >= 11 is 0. The van der Waals surface area contributed by atoms with E-state index in [2.05, 4.69) is 46.7 Å². The van der Waals surface area contributed by atoms with Gasteiger partial charge in [0.15, 0.2) is 0 Å². The maximum atomic E-state index is 5.21. The molecular weight excluding hydrogens is 282 g/mol. The Kier molecular flexibility index (Phi) is 8.07. The van der Waals surface area contributed by atoms with Crippen LogP contribution in [-0.4, -0.2) is 38.8 Å². The summed E-state index contributed by atoms with van der Waals surface area (Å²) in [7, 11) is 4.37. The third kappa shape index (κ3) is 5.19. The van der Waals surface area contributed by atoms with Crippen LogP contribution in [0, 0.1) is 28.6 Å². The van der Waals surface area contributed by atoms with E-state index >= 15 is 0 Å². The van der Waals surface area contributed by atoms with Gasteiger partial charge in [0.1, 0.15) is 0 Å². The highest BCUT2D eigenvalue weighted by Gasteiger charge is 2.50. The number of hydrogen-bond donors (Lipinski definition) is 0. The molecule has 1 aliphatic heterocycles. The summed E-state index contributed by atoms with van der Waals surface area (Å²) < 4.78 is 5.21. The van der Waals surface area contributed by atoms with Crippen LogP contribution in [0.5, 0.6) is 0 Å². The highest BCUT2D eigenvalue weighted by atomic mass is 16.5. The summed E-state index contributed by atoms with van der Waals surface area (Å²) in [4.78, 5) is 2.33. The van der Waals surface area contributed by atoms with E-state index in [0.717, 1.165) is 31.0 Å². The van der Waals surface area contributed by atoms with Gasteiger partial charge < -0.3 is 9.64 Å². The fraction of sp³-hybridized carbons (Fsp3) is 1.00. The first kappa shape index (κ1) is 21.0. The molecule has 2 aliphatic carbocycles. The van der Waals surface area contributed by atoms with Crippen LogP contribution in [0.2, 0.25) is 0 Å². The summed E-state index contributed by atoms with van der Waals surface area (Å²) in [5, 5.41) is 0. The third-order valence-electron chi connectivity index (χ3n) is 6.35. The van der Waals surface area contributed by atoms with Gasteiger partial charge in [0.05, 0.1) is 13.2 Å². The molecule has 0 bridgehead atoms. The molecule has 3 fully saturated rings. The molecule has 1 heterocycles. The van der Waals surface area contributed by atoms with Gasteiger partial charge in [0, 0.05) is 12.0 Å². The first-order valence-corrected chi connectivity index (χ1v) is 10.0.